The SMILES string of the molecule is CCOC(=O)c1cccc(NC(=O)Nc2cn(CC(C)C)c(=O)c3ccccc23)c1. The maximum atomic E-state index is 12.7. The lowest BCUT2D eigenvalue weighted by molar-refractivity contribution is 0.0526. The van der Waals surface area contributed by atoms with Crippen molar-refractivity contribution in [1.29, 1.82) is 0 Å². The van der Waals surface area contributed by atoms with E-state index in [2.05, 4.69) is 10.6 Å². The zero-order chi connectivity index (χ0) is 21.7. The minimum atomic E-state index is -0.476. The third kappa shape index (κ3) is 4.86. The Bertz CT molecular complexity index is 1130. The van der Waals surface area contributed by atoms with Crippen molar-refractivity contribution in [2.75, 3.05) is 17.2 Å². The van der Waals surface area contributed by atoms with E-state index in [0.29, 0.717) is 34.3 Å². The molecule has 2 amide bonds. The molecule has 30 heavy (non-hydrogen) atoms. The standard InChI is InChI=1S/C23H25N3O4/c1-4-30-22(28)16-8-7-9-17(12-16)24-23(29)25-20-14-26(13-15(2)3)21(27)19-11-6-5-10-18(19)20/h5-12,14-15H,4,13H2,1-3H3,(H2,24,25,29). The van der Waals surface area contributed by atoms with Crippen LogP contribution in [-0.4, -0.2) is 23.2 Å². The number of urea groups is 1. The third-order valence-electron chi connectivity index (χ3n) is 4.44. The van der Waals surface area contributed by atoms with Gasteiger partial charge in [0.05, 0.1) is 17.9 Å². The van der Waals surface area contributed by atoms with Crippen LogP contribution in [0.4, 0.5) is 16.2 Å². The second-order valence-electron chi connectivity index (χ2n) is 7.32. The summed E-state index contributed by atoms with van der Waals surface area (Å²) >= 11 is 0. The molecule has 0 unspecified atom stereocenters. The summed E-state index contributed by atoms with van der Waals surface area (Å²) < 4.78 is 6.60. The van der Waals surface area contributed by atoms with E-state index in [0.717, 1.165) is 0 Å². The molecule has 0 aliphatic rings. The Hall–Kier alpha value is -3.61. The number of carbonyl (C=O) groups is 2. The molecule has 0 aliphatic heterocycles. The van der Waals surface area contributed by atoms with Gasteiger partial charge in [-0.2, -0.15) is 0 Å². The molecule has 7 heteroatoms. The Morgan fingerprint density at radius 3 is 2.47 bits per heavy atom. The average molecular weight is 407 g/mol. The fraction of sp³-hybridized carbons (Fsp3) is 0.261. The minimum Gasteiger partial charge on any atom is -0.462 e. The first-order valence-electron chi connectivity index (χ1n) is 9.86. The van der Waals surface area contributed by atoms with Gasteiger partial charge in [0.1, 0.15) is 0 Å². The summed E-state index contributed by atoms with van der Waals surface area (Å²) in [5.41, 5.74) is 1.25. The van der Waals surface area contributed by atoms with Gasteiger partial charge in [0.25, 0.3) is 5.56 Å². The van der Waals surface area contributed by atoms with E-state index in [9.17, 15) is 14.4 Å². The molecule has 3 rings (SSSR count). The van der Waals surface area contributed by atoms with E-state index >= 15 is 0 Å². The maximum Gasteiger partial charge on any atom is 0.338 e. The van der Waals surface area contributed by atoms with Crippen molar-refractivity contribution in [3.8, 4) is 0 Å². The quantitative estimate of drug-likeness (QED) is 0.590. The lowest BCUT2D eigenvalue weighted by atomic mass is 10.1. The summed E-state index contributed by atoms with van der Waals surface area (Å²) in [6.45, 7) is 6.60. The molecule has 0 aliphatic carbocycles. The highest BCUT2D eigenvalue weighted by Gasteiger charge is 2.13. The lowest BCUT2D eigenvalue weighted by Crippen LogP contribution is -2.25. The van der Waals surface area contributed by atoms with Gasteiger partial charge in [-0.05, 0) is 37.1 Å². The molecule has 1 heterocycles. The molecule has 0 saturated heterocycles. The molecule has 7 nitrogen and oxygen atoms in total. The summed E-state index contributed by atoms with van der Waals surface area (Å²) in [5.74, 6) is -0.176. The molecule has 0 radical (unpaired) electrons. The first kappa shape index (κ1) is 21.1. The van der Waals surface area contributed by atoms with Gasteiger partial charge in [-0.15, -0.1) is 0 Å². The van der Waals surface area contributed by atoms with E-state index in [1.54, 1.807) is 60.2 Å². The van der Waals surface area contributed by atoms with Crippen LogP contribution in [0.25, 0.3) is 10.8 Å². The largest absolute Gasteiger partial charge is 0.462 e. The van der Waals surface area contributed by atoms with Gasteiger partial charge in [0, 0.05) is 29.2 Å². The zero-order valence-electron chi connectivity index (χ0n) is 17.3. The number of pyridine rings is 1. The molecule has 0 bridgehead atoms. The Kier molecular flexibility index (Phi) is 6.51. The van der Waals surface area contributed by atoms with Crippen LogP contribution in [0.15, 0.2) is 59.5 Å². The number of anilines is 2. The molecule has 0 atom stereocenters. The maximum absolute atomic E-state index is 12.7. The predicted octanol–water partition coefficient (Wildman–Crippen LogP) is 4.48. The number of hydrogen-bond donors (Lipinski definition) is 2. The Morgan fingerprint density at radius 1 is 1.03 bits per heavy atom. The molecule has 2 N–H and O–H groups in total. The number of aromatic nitrogens is 1. The van der Waals surface area contributed by atoms with Crippen molar-refractivity contribution in [2.24, 2.45) is 5.92 Å². The topological polar surface area (TPSA) is 89.4 Å². The van der Waals surface area contributed by atoms with Crippen molar-refractivity contribution >= 4 is 34.1 Å². The molecule has 156 valence electrons. The van der Waals surface area contributed by atoms with Gasteiger partial charge in [0.15, 0.2) is 0 Å². The Morgan fingerprint density at radius 2 is 1.77 bits per heavy atom. The highest BCUT2D eigenvalue weighted by atomic mass is 16.5. The first-order chi connectivity index (χ1) is 14.4. The summed E-state index contributed by atoms with van der Waals surface area (Å²) in [6, 6.07) is 13.2. The third-order valence-corrected chi connectivity index (χ3v) is 4.44. The van der Waals surface area contributed by atoms with E-state index < -0.39 is 12.0 Å². The number of nitrogens with zero attached hydrogens (tertiary/aromatic N) is 1. The van der Waals surface area contributed by atoms with Gasteiger partial charge >= 0.3 is 12.0 Å². The van der Waals surface area contributed by atoms with Crippen LogP contribution in [0.2, 0.25) is 0 Å². The summed E-state index contributed by atoms with van der Waals surface area (Å²) in [5, 5.41) is 6.75. The second-order valence-corrected chi connectivity index (χ2v) is 7.32. The molecule has 0 fully saturated rings. The normalized spacial score (nSPS) is 10.8. The van der Waals surface area contributed by atoms with E-state index in [-0.39, 0.29) is 18.1 Å². The summed E-state index contributed by atoms with van der Waals surface area (Å²) in [4.78, 5) is 37.3. The van der Waals surface area contributed by atoms with Gasteiger partial charge in [-0.25, -0.2) is 9.59 Å². The van der Waals surface area contributed by atoms with Crippen molar-refractivity contribution in [2.45, 2.75) is 27.3 Å². The summed E-state index contributed by atoms with van der Waals surface area (Å²) in [7, 11) is 0. The Balaban J connectivity index is 1.86. The molecule has 3 aromatic rings. The smallest absolute Gasteiger partial charge is 0.338 e. The van der Waals surface area contributed by atoms with Crippen LogP contribution >= 0.6 is 0 Å². The average Bonchev–Trinajstić information content (AvgIpc) is 2.71. The molecular weight excluding hydrogens is 382 g/mol. The highest BCUT2D eigenvalue weighted by Crippen LogP contribution is 2.21. The fourth-order valence-corrected chi connectivity index (χ4v) is 3.19. The predicted molar refractivity (Wildman–Crippen MR) is 118 cm³/mol. The molecule has 2 aromatic carbocycles. The zero-order valence-corrected chi connectivity index (χ0v) is 17.3. The van der Waals surface area contributed by atoms with Gasteiger partial charge in [-0.1, -0.05) is 38.1 Å². The number of benzene rings is 2. The fourth-order valence-electron chi connectivity index (χ4n) is 3.19. The monoisotopic (exact) mass is 407 g/mol. The first-order valence-corrected chi connectivity index (χ1v) is 9.86. The number of rotatable bonds is 6. The number of amides is 2. The van der Waals surface area contributed by atoms with Crippen LogP contribution in [0.1, 0.15) is 31.1 Å². The van der Waals surface area contributed by atoms with Crippen molar-refractivity contribution in [3.63, 3.8) is 0 Å². The van der Waals surface area contributed by atoms with Crippen molar-refractivity contribution in [1.82, 2.24) is 4.57 Å². The van der Waals surface area contributed by atoms with Gasteiger partial charge in [-0.3, -0.25) is 4.79 Å². The number of hydrogen-bond acceptors (Lipinski definition) is 4. The summed E-state index contributed by atoms with van der Waals surface area (Å²) in [6.07, 6.45) is 1.67. The lowest BCUT2D eigenvalue weighted by Gasteiger charge is -2.15. The van der Waals surface area contributed by atoms with Gasteiger partial charge in [0.2, 0.25) is 0 Å². The van der Waals surface area contributed by atoms with Crippen LogP contribution in [-0.2, 0) is 11.3 Å². The number of ether oxygens (including phenoxy) is 1. The minimum absolute atomic E-state index is 0.0904. The van der Waals surface area contributed by atoms with E-state index in [4.69, 9.17) is 4.74 Å². The molecular formula is C23H25N3O4. The van der Waals surface area contributed by atoms with Crippen molar-refractivity contribution in [3.05, 3.63) is 70.6 Å². The Labute approximate surface area is 174 Å². The highest BCUT2D eigenvalue weighted by molar-refractivity contribution is 6.06. The molecule has 0 spiro atoms. The van der Waals surface area contributed by atoms with Gasteiger partial charge < -0.3 is 19.9 Å². The van der Waals surface area contributed by atoms with Crippen molar-refractivity contribution < 1.29 is 14.3 Å². The van der Waals surface area contributed by atoms with Crippen LogP contribution < -0.4 is 16.2 Å². The number of carbonyl (C=O) groups excluding carboxylic acids is 2. The molecule has 0 saturated carbocycles. The van der Waals surface area contributed by atoms with E-state index in [1.807, 2.05) is 19.9 Å². The van der Waals surface area contributed by atoms with Crippen LogP contribution in [0, 0.1) is 5.92 Å². The number of nitrogens with one attached hydrogen (secondary N) is 2. The second kappa shape index (κ2) is 9.26. The van der Waals surface area contributed by atoms with E-state index in [1.165, 1.54) is 0 Å². The van der Waals surface area contributed by atoms with Crippen LogP contribution in [0.3, 0.4) is 0 Å². The number of fused-ring (bicyclic) bond motifs is 1. The number of esters is 1. The van der Waals surface area contributed by atoms with Crippen LogP contribution in [0.5, 0.6) is 0 Å². The molecule has 1 aromatic heterocycles.